The number of aromatic nitrogens is 1. The van der Waals surface area contributed by atoms with E-state index in [0.717, 1.165) is 26.9 Å². The van der Waals surface area contributed by atoms with Gasteiger partial charge in [0.05, 0.1) is 13.7 Å². The van der Waals surface area contributed by atoms with Gasteiger partial charge in [-0.05, 0) is 49.7 Å². The van der Waals surface area contributed by atoms with Crippen LogP contribution in [0, 0.1) is 13.8 Å². The van der Waals surface area contributed by atoms with Crippen LogP contribution in [0.2, 0.25) is 0 Å². The first-order valence-corrected chi connectivity index (χ1v) is 9.90. The molecule has 0 radical (unpaired) electrons. The van der Waals surface area contributed by atoms with Crippen LogP contribution >= 0.6 is 27.3 Å². The molecule has 0 fully saturated rings. The van der Waals surface area contributed by atoms with Crippen molar-refractivity contribution in [3.8, 4) is 5.75 Å². The smallest absolute Gasteiger partial charge is 0.308 e. The maximum atomic E-state index is 12.6. The van der Waals surface area contributed by atoms with E-state index < -0.39 is 0 Å². The number of benzene rings is 2. The molecule has 3 aromatic rings. The number of thiazole rings is 1. The number of anilines is 1. The van der Waals surface area contributed by atoms with Crippen LogP contribution in [-0.2, 0) is 6.54 Å². The average molecular weight is 447 g/mol. The molecule has 5 nitrogen and oxygen atoms in total. The Morgan fingerprint density at radius 2 is 1.89 bits per heavy atom. The molecule has 1 amide bonds. The molecule has 140 valence electrons. The second-order valence-electron chi connectivity index (χ2n) is 6.15. The number of ether oxygens (including phenoxy) is 1. The molecular weight excluding hydrogens is 428 g/mol. The van der Waals surface area contributed by atoms with Crippen LogP contribution in [0.1, 0.15) is 26.5 Å². The number of rotatable bonds is 5. The van der Waals surface area contributed by atoms with Crippen molar-refractivity contribution < 1.29 is 9.53 Å². The third kappa shape index (κ3) is 4.31. The van der Waals surface area contributed by atoms with Gasteiger partial charge >= 0.3 is 4.87 Å². The lowest BCUT2D eigenvalue weighted by Gasteiger charge is -2.10. The second kappa shape index (κ2) is 8.10. The second-order valence-corrected chi connectivity index (χ2v) is 7.96. The van der Waals surface area contributed by atoms with Crippen molar-refractivity contribution in [3.05, 3.63) is 78.3 Å². The highest BCUT2D eigenvalue weighted by molar-refractivity contribution is 9.10. The van der Waals surface area contributed by atoms with Crippen LogP contribution in [0.25, 0.3) is 0 Å². The van der Waals surface area contributed by atoms with Crippen LogP contribution in [-0.4, -0.2) is 17.6 Å². The van der Waals surface area contributed by atoms with E-state index in [1.165, 1.54) is 0 Å². The molecule has 7 heteroatoms. The molecule has 1 heterocycles. The van der Waals surface area contributed by atoms with Crippen LogP contribution in [0.4, 0.5) is 5.69 Å². The molecular formula is C20H19BrN2O3S. The molecule has 0 atom stereocenters. The lowest BCUT2D eigenvalue weighted by molar-refractivity contribution is 0.102. The van der Waals surface area contributed by atoms with Crippen molar-refractivity contribution >= 4 is 38.9 Å². The zero-order chi connectivity index (χ0) is 19.6. The van der Waals surface area contributed by atoms with E-state index in [4.69, 9.17) is 4.74 Å². The largest absolute Gasteiger partial charge is 0.497 e. The molecule has 0 saturated heterocycles. The highest BCUT2D eigenvalue weighted by atomic mass is 79.9. The van der Waals surface area contributed by atoms with E-state index >= 15 is 0 Å². The van der Waals surface area contributed by atoms with E-state index in [1.807, 2.05) is 49.4 Å². The number of hydrogen-bond donors (Lipinski definition) is 1. The molecule has 3 rings (SSSR count). The summed E-state index contributed by atoms with van der Waals surface area (Å²) in [6, 6.07) is 13.1. The van der Waals surface area contributed by atoms with Gasteiger partial charge in [-0.1, -0.05) is 45.0 Å². The fourth-order valence-corrected chi connectivity index (χ4v) is 3.92. The van der Waals surface area contributed by atoms with Crippen LogP contribution in [0.5, 0.6) is 5.75 Å². The Kier molecular flexibility index (Phi) is 5.82. The summed E-state index contributed by atoms with van der Waals surface area (Å²) in [4.78, 5) is 25.4. The van der Waals surface area contributed by atoms with Crippen molar-refractivity contribution in [1.82, 2.24) is 4.57 Å². The van der Waals surface area contributed by atoms with Gasteiger partial charge in [-0.25, -0.2) is 0 Å². The average Bonchev–Trinajstić information content (AvgIpc) is 2.93. The SMILES string of the molecule is COc1ccc(Br)c(Cn2c(C)c(C(=O)Nc3ccc(C)cc3)sc2=O)c1. The Labute approximate surface area is 169 Å². The minimum atomic E-state index is -0.276. The molecule has 2 aromatic carbocycles. The number of hydrogen-bond acceptors (Lipinski definition) is 4. The number of halogens is 1. The summed E-state index contributed by atoms with van der Waals surface area (Å²) in [6.07, 6.45) is 0. The third-order valence-electron chi connectivity index (χ3n) is 4.24. The highest BCUT2D eigenvalue weighted by Crippen LogP contribution is 2.24. The van der Waals surface area contributed by atoms with Gasteiger partial charge in [0.2, 0.25) is 0 Å². The normalized spacial score (nSPS) is 10.7. The van der Waals surface area contributed by atoms with Gasteiger partial charge in [0, 0.05) is 15.9 Å². The number of carbonyl (C=O) groups excluding carboxylic acids is 1. The molecule has 0 aliphatic heterocycles. The van der Waals surface area contributed by atoms with Crippen molar-refractivity contribution in [3.63, 3.8) is 0 Å². The maximum Gasteiger partial charge on any atom is 0.308 e. The van der Waals surface area contributed by atoms with Gasteiger partial charge in [0.1, 0.15) is 10.6 Å². The Morgan fingerprint density at radius 1 is 1.19 bits per heavy atom. The number of amides is 1. The highest BCUT2D eigenvalue weighted by Gasteiger charge is 2.18. The Bertz CT molecular complexity index is 1040. The molecule has 1 aromatic heterocycles. The lowest BCUT2D eigenvalue weighted by Crippen LogP contribution is -2.16. The predicted octanol–water partition coefficient (Wildman–Crippen LogP) is 4.60. The molecule has 0 saturated carbocycles. The Morgan fingerprint density at radius 3 is 2.56 bits per heavy atom. The summed E-state index contributed by atoms with van der Waals surface area (Å²) in [6.45, 7) is 4.13. The van der Waals surface area contributed by atoms with E-state index in [2.05, 4.69) is 21.2 Å². The zero-order valence-electron chi connectivity index (χ0n) is 15.2. The monoisotopic (exact) mass is 446 g/mol. The molecule has 0 bridgehead atoms. The minimum Gasteiger partial charge on any atom is -0.497 e. The zero-order valence-corrected chi connectivity index (χ0v) is 17.6. The number of carbonyl (C=O) groups is 1. The standard InChI is InChI=1S/C20H19BrN2O3S/c1-12-4-6-15(7-5-12)22-19(24)18-13(2)23(20(25)27-18)11-14-10-16(26-3)8-9-17(14)21/h4-10H,11H2,1-3H3,(H,22,24). The fraction of sp³-hybridized carbons (Fsp3) is 0.200. The first-order chi connectivity index (χ1) is 12.9. The summed E-state index contributed by atoms with van der Waals surface area (Å²) < 4.78 is 7.74. The summed E-state index contributed by atoms with van der Waals surface area (Å²) >= 11 is 4.46. The van der Waals surface area contributed by atoms with Crippen LogP contribution in [0.15, 0.2) is 51.7 Å². The van der Waals surface area contributed by atoms with Crippen LogP contribution in [0.3, 0.4) is 0 Å². The van der Waals surface area contributed by atoms with E-state index in [0.29, 0.717) is 28.6 Å². The van der Waals surface area contributed by atoms with Crippen molar-refractivity contribution in [1.29, 1.82) is 0 Å². The van der Waals surface area contributed by atoms with E-state index in [9.17, 15) is 9.59 Å². The summed E-state index contributed by atoms with van der Waals surface area (Å²) in [5, 5.41) is 2.85. The fourth-order valence-electron chi connectivity index (χ4n) is 2.66. The summed E-state index contributed by atoms with van der Waals surface area (Å²) in [5.74, 6) is 0.438. The number of nitrogens with one attached hydrogen (secondary N) is 1. The van der Waals surface area contributed by atoms with Crippen LogP contribution < -0.4 is 14.9 Å². The van der Waals surface area contributed by atoms with Gasteiger partial charge in [-0.15, -0.1) is 0 Å². The van der Waals surface area contributed by atoms with Gasteiger partial charge in [0.25, 0.3) is 5.91 Å². The van der Waals surface area contributed by atoms with E-state index in [-0.39, 0.29) is 10.8 Å². The first-order valence-electron chi connectivity index (χ1n) is 8.29. The van der Waals surface area contributed by atoms with E-state index in [1.54, 1.807) is 18.6 Å². The third-order valence-corrected chi connectivity index (χ3v) is 6.09. The molecule has 27 heavy (non-hydrogen) atoms. The summed E-state index contributed by atoms with van der Waals surface area (Å²) in [7, 11) is 1.60. The quantitative estimate of drug-likeness (QED) is 0.622. The van der Waals surface area contributed by atoms with Gasteiger partial charge in [0.15, 0.2) is 0 Å². The Balaban J connectivity index is 1.87. The molecule has 1 N–H and O–H groups in total. The lowest BCUT2D eigenvalue weighted by atomic mass is 10.2. The van der Waals surface area contributed by atoms with Crippen molar-refractivity contribution in [2.75, 3.05) is 12.4 Å². The minimum absolute atomic E-state index is 0.170. The number of nitrogens with zero attached hydrogens (tertiary/aromatic N) is 1. The molecule has 0 aliphatic carbocycles. The van der Waals surface area contributed by atoms with Gasteiger partial charge in [-0.2, -0.15) is 0 Å². The van der Waals surface area contributed by atoms with Crippen molar-refractivity contribution in [2.45, 2.75) is 20.4 Å². The number of methoxy groups -OCH3 is 1. The Hall–Kier alpha value is -2.38. The topological polar surface area (TPSA) is 60.3 Å². The molecule has 0 aliphatic rings. The summed E-state index contributed by atoms with van der Waals surface area (Å²) in [5.41, 5.74) is 3.36. The molecule has 0 unspecified atom stereocenters. The van der Waals surface area contributed by atoms with Gasteiger partial charge < -0.3 is 10.1 Å². The van der Waals surface area contributed by atoms with Gasteiger partial charge in [-0.3, -0.25) is 14.2 Å². The maximum absolute atomic E-state index is 12.6. The first kappa shape index (κ1) is 19.4. The van der Waals surface area contributed by atoms with Crippen molar-refractivity contribution in [2.24, 2.45) is 0 Å². The molecule has 0 spiro atoms. The number of aryl methyl sites for hydroxylation is 1. The predicted molar refractivity (Wildman–Crippen MR) is 112 cm³/mol.